The van der Waals surface area contributed by atoms with Crippen LogP contribution in [0.3, 0.4) is 0 Å². The van der Waals surface area contributed by atoms with E-state index in [9.17, 15) is 0 Å². The molecular weight excluding hydrogens is 104 g/mol. The number of hydrogen-bond acceptors (Lipinski definition) is 2. The Morgan fingerprint density at radius 2 is 2.62 bits per heavy atom. The van der Waals surface area contributed by atoms with E-state index in [0.29, 0.717) is 10.4 Å². The number of hydrogen-bond donors (Lipinski definition) is 1. The van der Waals surface area contributed by atoms with Gasteiger partial charge in [-0.05, 0) is 0 Å². The second kappa shape index (κ2) is 1.58. The van der Waals surface area contributed by atoms with E-state index in [0.717, 1.165) is 0 Å². The number of aromatic nitrogens is 2. The summed E-state index contributed by atoms with van der Waals surface area (Å²) in [7, 11) is 0. The van der Waals surface area contributed by atoms with Crippen molar-refractivity contribution in [1.29, 1.82) is 0 Å². The summed E-state index contributed by atoms with van der Waals surface area (Å²) < 4.78 is 0. The van der Waals surface area contributed by atoms with Crippen LogP contribution in [-0.4, -0.2) is 15.2 Å². The van der Waals surface area contributed by atoms with Crippen LogP contribution in [0, 0.1) is 12.3 Å². The molecule has 0 atom stereocenters. The molecule has 1 aromatic heterocycles. The lowest BCUT2D eigenvalue weighted by Crippen LogP contribution is -1.86. The van der Waals surface area contributed by atoms with Crippen LogP contribution in [0.5, 0.6) is 0 Å². The van der Waals surface area contributed by atoms with Gasteiger partial charge < -0.3 is 5.21 Å². The number of rotatable bonds is 0. The second-order valence-corrected chi connectivity index (χ2v) is 1.29. The van der Waals surface area contributed by atoms with Crippen LogP contribution >= 0.6 is 0 Å². The van der Waals surface area contributed by atoms with Gasteiger partial charge in [0.2, 0.25) is 0 Å². The Hall–Kier alpha value is -1.43. The Kier molecular flexibility index (Phi) is 0.935. The molecule has 0 amide bonds. The molecule has 0 fully saturated rings. The topological polar surface area (TPSA) is 38.0 Å². The molecule has 0 aliphatic carbocycles. The monoisotopic (exact) mass is 108 g/mol. The Labute approximate surface area is 46.5 Å². The predicted octanol–water partition coefficient (Wildman–Crippen LogP) is 0.102. The highest BCUT2D eigenvalue weighted by Crippen LogP contribution is 1.89. The summed E-state index contributed by atoms with van der Waals surface area (Å²) in [5.41, 5.74) is 0.576. The molecule has 1 heterocycles. The van der Waals surface area contributed by atoms with Gasteiger partial charge in [0.1, 0.15) is 0 Å². The molecule has 0 saturated carbocycles. The number of nitrogens with zero attached hydrogens (tertiary/aromatic N) is 2. The highest BCUT2D eigenvalue weighted by molar-refractivity contribution is 5.25. The smallest absolute Gasteiger partial charge is 0.0821 e. The van der Waals surface area contributed by atoms with Crippen LogP contribution in [0.2, 0.25) is 0 Å². The van der Waals surface area contributed by atoms with E-state index in [2.05, 4.69) is 11.0 Å². The lowest BCUT2D eigenvalue weighted by Gasteiger charge is -1.77. The normalized spacial score (nSPS) is 8.38. The van der Waals surface area contributed by atoms with Gasteiger partial charge >= 0.3 is 0 Å². The molecule has 0 aliphatic heterocycles. The minimum Gasteiger partial charge on any atom is -0.412 e. The Morgan fingerprint density at radius 1 is 1.88 bits per heavy atom. The molecule has 0 aliphatic rings. The quantitative estimate of drug-likeness (QED) is 0.378. The number of terminal acetylenes is 1. The van der Waals surface area contributed by atoms with Gasteiger partial charge in [-0.1, -0.05) is 5.92 Å². The maximum absolute atomic E-state index is 8.49. The van der Waals surface area contributed by atoms with Gasteiger partial charge in [-0.25, -0.2) is 0 Å². The minimum atomic E-state index is 0.576. The van der Waals surface area contributed by atoms with Gasteiger partial charge in [0.15, 0.2) is 0 Å². The molecule has 0 aromatic carbocycles. The molecule has 0 radical (unpaired) electrons. The van der Waals surface area contributed by atoms with Crippen LogP contribution in [0.1, 0.15) is 5.56 Å². The second-order valence-electron chi connectivity index (χ2n) is 1.29. The molecule has 1 N–H and O–H groups in total. The van der Waals surface area contributed by atoms with Gasteiger partial charge in [-0.3, -0.25) is 0 Å². The molecular formula is C5H4N2O. The third-order valence-electron chi connectivity index (χ3n) is 0.736. The van der Waals surface area contributed by atoms with Gasteiger partial charge in [0.25, 0.3) is 0 Å². The molecule has 8 heavy (non-hydrogen) atoms. The van der Waals surface area contributed by atoms with E-state index >= 15 is 0 Å². The Bertz CT molecular complexity index is 221. The summed E-state index contributed by atoms with van der Waals surface area (Å²) in [6.07, 6.45) is 7.70. The summed E-state index contributed by atoms with van der Waals surface area (Å²) in [4.78, 5) is 0.676. The third kappa shape index (κ3) is 0.636. The third-order valence-corrected chi connectivity index (χ3v) is 0.736. The van der Waals surface area contributed by atoms with E-state index in [1.807, 2.05) is 0 Å². The van der Waals surface area contributed by atoms with Crippen LogP contribution in [0.4, 0.5) is 0 Å². The van der Waals surface area contributed by atoms with Crippen molar-refractivity contribution in [2.24, 2.45) is 0 Å². The van der Waals surface area contributed by atoms with E-state index in [1.165, 1.54) is 12.4 Å². The summed E-state index contributed by atoms with van der Waals surface area (Å²) in [5.74, 6) is 2.30. The van der Waals surface area contributed by atoms with E-state index in [4.69, 9.17) is 11.6 Å². The summed E-state index contributed by atoms with van der Waals surface area (Å²) in [6, 6.07) is 0. The van der Waals surface area contributed by atoms with E-state index in [1.54, 1.807) is 0 Å². The molecule has 0 spiro atoms. The molecule has 40 valence electrons. The zero-order valence-electron chi connectivity index (χ0n) is 4.07. The lowest BCUT2D eigenvalue weighted by molar-refractivity contribution is 0.149. The van der Waals surface area contributed by atoms with E-state index in [-0.39, 0.29) is 0 Å². The molecule has 0 saturated heterocycles. The largest absolute Gasteiger partial charge is 0.412 e. The van der Waals surface area contributed by atoms with Crippen molar-refractivity contribution in [3.8, 4) is 12.3 Å². The standard InChI is InChI=1S/C5H4N2O/c1-2-5-3-6-7(8)4-5/h1,3-4,8H. The molecule has 3 heteroatoms. The first-order chi connectivity index (χ1) is 3.83. The van der Waals surface area contributed by atoms with Crippen LogP contribution < -0.4 is 0 Å². The average Bonchev–Trinajstić information content (AvgIpc) is 2.14. The van der Waals surface area contributed by atoms with Gasteiger partial charge in [0, 0.05) is 0 Å². The van der Waals surface area contributed by atoms with Gasteiger partial charge in [-0.15, -0.1) is 16.4 Å². The van der Waals surface area contributed by atoms with Crippen molar-refractivity contribution in [2.45, 2.75) is 0 Å². The first-order valence-corrected chi connectivity index (χ1v) is 2.03. The van der Waals surface area contributed by atoms with Crippen molar-refractivity contribution >= 4 is 0 Å². The van der Waals surface area contributed by atoms with Crippen molar-refractivity contribution in [3.63, 3.8) is 0 Å². The summed E-state index contributed by atoms with van der Waals surface area (Å²) in [5, 5.41) is 11.9. The zero-order valence-corrected chi connectivity index (χ0v) is 4.07. The SMILES string of the molecule is C#Cc1cnn(O)c1. The van der Waals surface area contributed by atoms with Crippen molar-refractivity contribution < 1.29 is 5.21 Å². The van der Waals surface area contributed by atoms with Crippen molar-refractivity contribution in [2.75, 3.05) is 0 Å². The van der Waals surface area contributed by atoms with Crippen LogP contribution in [-0.2, 0) is 0 Å². The van der Waals surface area contributed by atoms with Gasteiger partial charge in [0.05, 0.1) is 18.0 Å². The fraction of sp³-hybridized carbons (Fsp3) is 0. The fourth-order valence-electron chi connectivity index (χ4n) is 0.387. The highest BCUT2D eigenvalue weighted by atomic mass is 16.5. The fourth-order valence-corrected chi connectivity index (χ4v) is 0.387. The van der Waals surface area contributed by atoms with Gasteiger partial charge in [-0.2, -0.15) is 0 Å². The summed E-state index contributed by atoms with van der Waals surface area (Å²) in [6.45, 7) is 0. The first-order valence-electron chi connectivity index (χ1n) is 2.03. The average molecular weight is 108 g/mol. The molecule has 1 aromatic rings. The molecule has 3 nitrogen and oxygen atoms in total. The van der Waals surface area contributed by atoms with E-state index < -0.39 is 0 Å². The Morgan fingerprint density at radius 3 is 2.88 bits per heavy atom. The molecule has 0 bridgehead atoms. The molecule has 0 unspecified atom stereocenters. The van der Waals surface area contributed by atoms with Crippen molar-refractivity contribution in [1.82, 2.24) is 9.94 Å². The molecule has 1 rings (SSSR count). The maximum Gasteiger partial charge on any atom is 0.0821 e. The highest BCUT2D eigenvalue weighted by Gasteiger charge is 1.87. The Balaban J connectivity index is 3.05. The lowest BCUT2D eigenvalue weighted by atomic mass is 10.4. The minimum absolute atomic E-state index is 0.576. The summed E-state index contributed by atoms with van der Waals surface area (Å²) >= 11 is 0. The predicted molar refractivity (Wildman–Crippen MR) is 27.3 cm³/mol. The maximum atomic E-state index is 8.49. The first kappa shape index (κ1) is 4.72. The van der Waals surface area contributed by atoms with Crippen molar-refractivity contribution in [3.05, 3.63) is 18.0 Å². The van der Waals surface area contributed by atoms with Crippen LogP contribution in [0.15, 0.2) is 12.4 Å². The van der Waals surface area contributed by atoms with Crippen LogP contribution in [0.25, 0.3) is 0 Å². The zero-order chi connectivity index (χ0) is 5.98.